The van der Waals surface area contributed by atoms with Crippen LogP contribution in [0, 0.1) is 4.77 Å². The van der Waals surface area contributed by atoms with Gasteiger partial charge < -0.3 is 19.6 Å². The quantitative estimate of drug-likeness (QED) is 0.650. The molecule has 6 nitrogen and oxygen atoms in total. The van der Waals surface area contributed by atoms with Gasteiger partial charge in [-0.05, 0) is 24.4 Å². The minimum Gasteiger partial charge on any atom is -0.504 e. The van der Waals surface area contributed by atoms with Gasteiger partial charge in [-0.15, -0.1) is 0 Å². The zero-order valence-electron chi connectivity index (χ0n) is 13.1. The monoisotopic (exact) mass is 398 g/mol. The maximum absolute atomic E-state index is 12.9. The van der Waals surface area contributed by atoms with Gasteiger partial charge in [0, 0.05) is 12.1 Å². The summed E-state index contributed by atoms with van der Waals surface area (Å²) in [6.45, 7) is 0. The van der Waals surface area contributed by atoms with Gasteiger partial charge in [-0.3, -0.25) is 9.36 Å². The number of fused-ring (bicyclic) bond motifs is 1. The van der Waals surface area contributed by atoms with Gasteiger partial charge in [0.15, 0.2) is 16.3 Å². The standard InChI is InChI=1S/C16H12Cl2N2O4S/c1-23-13-6-11(8(17)4-9(13)18)20-15(22)7-3-12(21)14(24-2)5-10(7)19-16(20)25/h3-6,21H,1-2H3,(H,19,25). The highest BCUT2D eigenvalue weighted by Gasteiger charge is 2.16. The van der Waals surface area contributed by atoms with Gasteiger partial charge in [-0.25, -0.2) is 0 Å². The molecule has 0 amide bonds. The number of nitrogens with one attached hydrogen (secondary N) is 1. The van der Waals surface area contributed by atoms with Crippen LogP contribution >= 0.6 is 35.4 Å². The summed E-state index contributed by atoms with van der Waals surface area (Å²) in [5.74, 6) is 0.408. The molecule has 130 valence electrons. The van der Waals surface area contributed by atoms with Crippen LogP contribution < -0.4 is 15.0 Å². The molecule has 0 bridgehead atoms. The summed E-state index contributed by atoms with van der Waals surface area (Å²) >= 11 is 17.6. The minimum absolute atomic E-state index is 0.122. The predicted octanol–water partition coefficient (Wildman–Crippen LogP) is 4.08. The maximum Gasteiger partial charge on any atom is 0.266 e. The summed E-state index contributed by atoms with van der Waals surface area (Å²) in [6.07, 6.45) is 0. The maximum atomic E-state index is 12.9. The van der Waals surface area contributed by atoms with E-state index in [1.807, 2.05) is 0 Å². The third-order valence-corrected chi connectivity index (χ3v) is 4.54. The van der Waals surface area contributed by atoms with Crippen molar-refractivity contribution in [2.24, 2.45) is 0 Å². The topological polar surface area (TPSA) is 76.5 Å². The van der Waals surface area contributed by atoms with Crippen LogP contribution in [0.1, 0.15) is 0 Å². The smallest absolute Gasteiger partial charge is 0.266 e. The number of aromatic nitrogens is 2. The second-order valence-corrected chi connectivity index (χ2v) is 6.28. The molecule has 0 saturated heterocycles. The van der Waals surface area contributed by atoms with Crippen molar-refractivity contribution in [3.05, 3.63) is 49.4 Å². The molecule has 0 aliphatic heterocycles. The number of hydrogen-bond acceptors (Lipinski definition) is 5. The van der Waals surface area contributed by atoms with Crippen LogP contribution in [0.2, 0.25) is 10.0 Å². The van der Waals surface area contributed by atoms with E-state index in [1.54, 1.807) is 0 Å². The van der Waals surface area contributed by atoms with E-state index in [-0.39, 0.29) is 26.7 Å². The third kappa shape index (κ3) is 2.95. The molecule has 0 atom stereocenters. The van der Waals surface area contributed by atoms with Crippen LogP contribution in [0.4, 0.5) is 0 Å². The largest absolute Gasteiger partial charge is 0.504 e. The summed E-state index contributed by atoms with van der Waals surface area (Å²) < 4.78 is 11.6. The summed E-state index contributed by atoms with van der Waals surface area (Å²) in [4.78, 5) is 15.9. The van der Waals surface area contributed by atoms with E-state index in [0.717, 1.165) is 0 Å². The highest BCUT2D eigenvalue weighted by atomic mass is 35.5. The Hall–Kier alpha value is -2.22. The molecule has 3 rings (SSSR count). The molecule has 0 fully saturated rings. The Balaban J connectivity index is 2.39. The first kappa shape index (κ1) is 17.6. The lowest BCUT2D eigenvalue weighted by molar-refractivity contribution is 0.374. The van der Waals surface area contributed by atoms with Gasteiger partial charge in [-0.1, -0.05) is 23.2 Å². The number of H-pyrrole nitrogens is 1. The minimum atomic E-state index is -0.456. The lowest BCUT2D eigenvalue weighted by Crippen LogP contribution is -2.21. The molecular weight excluding hydrogens is 387 g/mol. The zero-order chi connectivity index (χ0) is 18.3. The molecular formula is C16H12Cl2N2O4S. The van der Waals surface area contributed by atoms with Crippen LogP contribution in [0.25, 0.3) is 16.6 Å². The number of ether oxygens (including phenoxy) is 2. The van der Waals surface area contributed by atoms with Gasteiger partial charge >= 0.3 is 0 Å². The Kier molecular flexibility index (Phi) is 4.64. The number of aromatic hydroxyl groups is 1. The number of aromatic amines is 1. The first-order valence-electron chi connectivity index (χ1n) is 6.96. The number of rotatable bonds is 3. The second-order valence-electron chi connectivity index (χ2n) is 5.08. The number of methoxy groups -OCH3 is 2. The predicted molar refractivity (Wildman–Crippen MR) is 99.5 cm³/mol. The summed E-state index contributed by atoms with van der Waals surface area (Å²) in [5.41, 5.74) is 0.285. The highest BCUT2D eigenvalue weighted by Crippen LogP contribution is 2.33. The van der Waals surface area contributed by atoms with Crippen molar-refractivity contribution >= 4 is 46.3 Å². The molecule has 2 aromatic carbocycles. The van der Waals surface area contributed by atoms with E-state index in [4.69, 9.17) is 44.9 Å². The van der Waals surface area contributed by atoms with Crippen molar-refractivity contribution in [3.63, 3.8) is 0 Å². The van der Waals surface area contributed by atoms with Crippen molar-refractivity contribution in [2.75, 3.05) is 14.2 Å². The van der Waals surface area contributed by atoms with Crippen molar-refractivity contribution in [3.8, 4) is 22.9 Å². The lowest BCUT2D eigenvalue weighted by Gasteiger charge is -2.13. The third-order valence-electron chi connectivity index (χ3n) is 3.66. The molecule has 1 aromatic heterocycles. The Morgan fingerprint density at radius 2 is 1.76 bits per heavy atom. The van der Waals surface area contributed by atoms with E-state index >= 15 is 0 Å². The van der Waals surface area contributed by atoms with Crippen LogP contribution in [0.5, 0.6) is 17.2 Å². The Morgan fingerprint density at radius 1 is 1.08 bits per heavy atom. The molecule has 0 saturated carbocycles. The van der Waals surface area contributed by atoms with Crippen molar-refractivity contribution in [2.45, 2.75) is 0 Å². The first-order valence-corrected chi connectivity index (χ1v) is 8.13. The molecule has 0 radical (unpaired) electrons. The summed E-state index contributed by atoms with van der Waals surface area (Å²) in [7, 11) is 2.86. The fourth-order valence-electron chi connectivity index (χ4n) is 2.46. The number of phenolic OH excluding ortho intramolecular Hbond substituents is 1. The molecule has 0 aliphatic carbocycles. The average molecular weight is 399 g/mol. The van der Waals surface area contributed by atoms with Gasteiger partial charge in [0.1, 0.15) is 5.75 Å². The van der Waals surface area contributed by atoms with Gasteiger partial charge in [-0.2, -0.15) is 0 Å². The normalized spacial score (nSPS) is 10.9. The van der Waals surface area contributed by atoms with Crippen LogP contribution in [-0.2, 0) is 0 Å². The van der Waals surface area contributed by atoms with Crippen LogP contribution in [0.3, 0.4) is 0 Å². The number of hydrogen-bond donors (Lipinski definition) is 2. The molecule has 25 heavy (non-hydrogen) atoms. The first-order chi connectivity index (χ1) is 11.9. The molecule has 9 heteroatoms. The molecule has 0 unspecified atom stereocenters. The number of nitrogens with zero attached hydrogens (tertiary/aromatic N) is 1. The van der Waals surface area contributed by atoms with Crippen LogP contribution in [0.15, 0.2) is 29.1 Å². The SMILES string of the molecule is COc1cc2[nH]c(=S)n(-c3cc(OC)c(Cl)cc3Cl)c(=O)c2cc1O. The molecule has 2 N–H and O–H groups in total. The van der Waals surface area contributed by atoms with Crippen molar-refractivity contribution < 1.29 is 14.6 Å². The van der Waals surface area contributed by atoms with E-state index in [0.29, 0.717) is 22.0 Å². The van der Waals surface area contributed by atoms with E-state index in [2.05, 4.69) is 4.98 Å². The van der Waals surface area contributed by atoms with E-state index < -0.39 is 5.56 Å². The van der Waals surface area contributed by atoms with E-state index in [9.17, 15) is 9.90 Å². The Labute approximate surface area is 157 Å². The number of phenols is 1. The number of halogens is 2. The van der Waals surface area contributed by atoms with Gasteiger partial charge in [0.2, 0.25) is 0 Å². The fraction of sp³-hybridized carbons (Fsp3) is 0.125. The van der Waals surface area contributed by atoms with Gasteiger partial charge in [0.25, 0.3) is 5.56 Å². The van der Waals surface area contributed by atoms with Crippen molar-refractivity contribution in [1.29, 1.82) is 0 Å². The molecule has 3 aromatic rings. The van der Waals surface area contributed by atoms with Gasteiger partial charge in [0.05, 0.1) is 40.9 Å². The molecule has 1 heterocycles. The van der Waals surface area contributed by atoms with Crippen molar-refractivity contribution in [1.82, 2.24) is 9.55 Å². The Bertz CT molecular complexity index is 1110. The molecule has 0 spiro atoms. The Morgan fingerprint density at radius 3 is 2.40 bits per heavy atom. The van der Waals surface area contributed by atoms with E-state index in [1.165, 1.54) is 43.1 Å². The summed E-state index contributed by atoms with van der Waals surface area (Å²) in [6, 6.07) is 5.79. The molecule has 0 aliphatic rings. The summed E-state index contributed by atoms with van der Waals surface area (Å²) in [5, 5.41) is 10.7. The number of benzene rings is 2. The average Bonchev–Trinajstić information content (AvgIpc) is 2.57. The second kappa shape index (κ2) is 6.59. The zero-order valence-corrected chi connectivity index (χ0v) is 15.4. The highest BCUT2D eigenvalue weighted by molar-refractivity contribution is 7.71. The lowest BCUT2D eigenvalue weighted by atomic mass is 10.2. The van der Waals surface area contributed by atoms with Crippen LogP contribution in [-0.4, -0.2) is 28.9 Å². The fourth-order valence-corrected chi connectivity index (χ4v) is 3.30.